The zero-order valence-corrected chi connectivity index (χ0v) is 13.8. The van der Waals surface area contributed by atoms with E-state index in [0.717, 1.165) is 63.5 Å². The molecule has 1 atom stereocenters. The van der Waals surface area contributed by atoms with Crippen molar-refractivity contribution in [2.45, 2.75) is 57.8 Å². The molecule has 1 aliphatic carbocycles. The molecule has 6 heteroatoms. The molecule has 0 spiro atoms. The van der Waals surface area contributed by atoms with Gasteiger partial charge in [-0.3, -0.25) is 9.69 Å². The van der Waals surface area contributed by atoms with Gasteiger partial charge in [-0.15, -0.1) is 0 Å². The summed E-state index contributed by atoms with van der Waals surface area (Å²) in [5.74, 6) is 1.60. The van der Waals surface area contributed by atoms with Crippen molar-refractivity contribution in [1.82, 2.24) is 19.8 Å². The molecular formula is C17H26N4O2. The standard InChI is InChI=1S/C17H26N4O2/c1-12-16-18-10-15(11-19-17(22)13-2-3-13)21(16)7-6-20(12)14-4-8-23-9-5-14/h10,12-14H,2-9,11H2,1H3,(H,19,22)/t12-/m0/s1. The molecule has 23 heavy (non-hydrogen) atoms. The summed E-state index contributed by atoms with van der Waals surface area (Å²) >= 11 is 0. The highest BCUT2D eigenvalue weighted by Gasteiger charge is 2.33. The molecule has 1 amide bonds. The lowest BCUT2D eigenvalue weighted by molar-refractivity contribution is -0.122. The minimum absolute atomic E-state index is 0.202. The number of aromatic nitrogens is 2. The predicted octanol–water partition coefficient (Wildman–Crippen LogP) is 1.46. The van der Waals surface area contributed by atoms with Crippen LogP contribution >= 0.6 is 0 Å². The van der Waals surface area contributed by atoms with Gasteiger partial charge >= 0.3 is 0 Å². The van der Waals surface area contributed by atoms with Crippen LogP contribution in [0.2, 0.25) is 0 Å². The molecule has 1 N–H and O–H groups in total. The van der Waals surface area contributed by atoms with Crippen LogP contribution in [0.25, 0.3) is 0 Å². The Morgan fingerprint density at radius 3 is 2.83 bits per heavy atom. The first-order valence-electron chi connectivity index (χ1n) is 8.89. The first-order chi connectivity index (χ1) is 11.2. The second-order valence-electron chi connectivity index (χ2n) is 7.01. The largest absolute Gasteiger partial charge is 0.381 e. The number of ether oxygens (including phenoxy) is 1. The lowest BCUT2D eigenvalue weighted by Crippen LogP contribution is -2.46. The van der Waals surface area contributed by atoms with E-state index in [-0.39, 0.29) is 11.8 Å². The maximum Gasteiger partial charge on any atom is 0.223 e. The molecule has 6 nitrogen and oxygen atoms in total. The molecule has 1 aromatic heterocycles. The lowest BCUT2D eigenvalue weighted by atomic mass is 10.0. The molecular weight excluding hydrogens is 292 g/mol. The van der Waals surface area contributed by atoms with Gasteiger partial charge in [0.2, 0.25) is 5.91 Å². The van der Waals surface area contributed by atoms with Gasteiger partial charge in [-0.1, -0.05) is 0 Å². The van der Waals surface area contributed by atoms with Gasteiger partial charge in [-0.25, -0.2) is 4.98 Å². The number of nitrogens with one attached hydrogen (secondary N) is 1. The third kappa shape index (κ3) is 3.02. The van der Waals surface area contributed by atoms with Crippen LogP contribution in [0.5, 0.6) is 0 Å². The molecule has 0 radical (unpaired) electrons. The smallest absolute Gasteiger partial charge is 0.223 e. The molecule has 2 fully saturated rings. The van der Waals surface area contributed by atoms with E-state index >= 15 is 0 Å². The molecule has 3 heterocycles. The van der Waals surface area contributed by atoms with E-state index in [4.69, 9.17) is 4.74 Å². The van der Waals surface area contributed by atoms with Crippen molar-refractivity contribution in [1.29, 1.82) is 0 Å². The number of amides is 1. The van der Waals surface area contributed by atoms with Gasteiger partial charge in [0.25, 0.3) is 0 Å². The molecule has 1 aromatic rings. The zero-order valence-electron chi connectivity index (χ0n) is 13.8. The van der Waals surface area contributed by atoms with Crippen molar-refractivity contribution >= 4 is 5.91 Å². The maximum absolute atomic E-state index is 11.8. The third-order valence-corrected chi connectivity index (χ3v) is 5.47. The van der Waals surface area contributed by atoms with Gasteiger partial charge in [0, 0.05) is 38.3 Å². The van der Waals surface area contributed by atoms with E-state index in [1.165, 1.54) is 0 Å². The Kier molecular flexibility index (Phi) is 4.11. The first kappa shape index (κ1) is 15.1. The maximum atomic E-state index is 11.8. The fourth-order valence-electron chi connectivity index (χ4n) is 3.90. The van der Waals surface area contributed by atoms with Crippen molar-refractivity contribution < 1.29 is 9.53 Å². The van der Waals surface area contributed by atoms with E-state index in [0.29, 0.717) is 18.6 Å². The summed E-state index contributed by atoms with van der Waals surface area (Å²) in [5.41, 5.74) is 1.13. The molecule has 3 aliphatic rings. The van der Waals surface area contributed by atoms with Gasteiger partial charge in [0.15, 0.2) is 0 Å². The van der Waals surface area contributed by atoms with Crippen molar-refractivity contribution in [3.8, 4) is 0 Å². The van der Waals surface area contributed by atoms with Crippen LogP contribution in [-0.4, -0.2) is 46.2 Å². The van der Waals surface area contributed by atoms with Gasteiger partial charge in [0.1, 0.15) is 5.82 Å². The van der Waals surface area contributed by atoms with E-state index < -0.39 is 0 Å². The third-order valence-electron chi connectivity index (χ3n) is 5.47. The summed E-state index contributed by atoms with van der Waals surface area (Å²) in [7, 11) is 0. The Morgan fingerprint density at radius 1 is 1.30 bits per heavy atom. The fourth-order valence-corrected chi connectivity index (χ4v) is 3.90. The highest BCUT2D eigenvalue weighted by molar-refractivity contribution is 5.80. The van der Waals surface area contributed by atoms with Crippen LogP contribution in [-0.2, 0) is 22.6 Å². The van der Waals surface area contributed by atoms with Crippen molar-refractivity contribution in [3.63, 3.8) is 0 Å². The topological polar surface area (TPSA) is 59.4 Å². The molecule has 0 unspecified atom stereocenters. The molecule has 126 valence electrons. The highest BCUT2D eigenvalue weighted by Crippen LogP contribution is 2.31. The Balaban J connectivity index is 1.43. The van der Waals surface area contributed by atoms with Crippen molar-refractivity contribution in [2.24, 2.45) is 5.92 Å². The number of carbonyl (C=O) groups is 1. The highest BCUT2D eigenvalue weighted by atomic mass is 16.5. The van der Waals surface area contributed by atoms with Crippen LogP contribution in [0.1, 0.15) is 50.2 Å². The molecule has 1 saturated carbocycles. The molecule has 0 bridgehead atoms. The van der Waals surface area contributed by atoms with Crippen molar-refractivity contribution in [2.75, 3.05) is 19.8 Å². The number of hydrogen-bond donors (Lipinski definition) is 1. The van der Waals surface area contributed by atoms with Crippen LogP contribution in [0, 0.1) is 5.92 Å². The summed E-state index contributed by atoms with van der Waals surface area (Å²) in [6.45, 7) is 6.62. The molecule has 0 aromatic carbocycles. The Morgan fingerprint density at radius 2 is 2.09 bits per heavy atom. The van der Waals surface area contributed by atoms with Crippen LogP contribution in [0.4, 0.5) is 0 Å². The van der Waals surface area contributed by atoms with E-state index in [1.54, 1.807) is 0 Å². The fraction of sp³-hybridized carbons (Fsp3) is 0.765. The van der Waals surface area contributed by atoms with Crippen LogP contribution in [0.3, 0.4) is 0 Å². The second-order valence-corrected chi connectivity index (χ2v) is 7.01. The quantitative estimate of drug-likeness (QED) is 0.913. The van der Waals surface area contributed by atoms with E-state index in [2.05, 4.69) is 26.7 Å². The summed E-state index contributed by atoms with van der Waals surface area (Å²) in [5, 5.41) is 3.06. The van der Waals surface area contributed by atoms with Gasteiger partial charge < -0.3 is 14.6 Å². The lowest BCUT2D eigenvalue weighted by Gasteiger charge is -2.41. The summed E-state index contributed by atoms with van der Waals surface area (Å²) in [6, 6.07) is 0.946. The summed E-state index contributed by atoms with van der Waals surface area (Å²) in [6.07, 6.45) is 6.28. The SMILES string of the molecule is C[C@H]1c2ncc(CNC(=O)C3CC3)n2CCN1C1CCOCC1. The number of fused-ring (bicyclic) bond motifs is 1. The molecule has 1 saturated heterocycles. The van der Waals surface area contributed by atoms with Gasteiger partial charge in [-0.2, -0.15) is 0 Å². The normalized spacial score (nSPS) is 26.0. The Hall–Kier alpha value is -1.40. The molecule has 4 rings (SSSR count). The Bertz CT molecular complexity index is 575. The average molecular weight is 318 g/mol. The minimum atomic E-state index is 0.202. The predicted molar refractivity (Wildman–Crippen MR) is 85.8 cm³/mol. The number of imidazole rings is 1. The minimum Gasteiger partial charge on any atom is -0.381 e. The first-order valence-corrected chi connectivity index (χ1v) is 8.89. The number of nitrogens with zero attached hydrogens (tertiary/aromatic N) is 3. The summed E-state index contributed by atoms with van der Waals surface area (Å²) < 4.78 is 7.79. The monoisotopic (exact) mass is 318 g/mol. The second kappa shape index (κ2) is 6.24. The van der Waals surface area contributed by atoms with Crippen LogP contribution < -0.4 is 5.32 Å². The summed E-state index contributed by atoms with van der Waals surface area (Å²) in [4.78, 5) is 19.1. The number of carbonyl (C=O) groups excluding carboxylic acids is 1. The van der Waals surface area contributed by atoms with Gasteiger partial charge in [0.05, 0.1) is 24.5 Å². The van der Waals surface area contributed by atoms with E-state index in [1.807, 2.05) is 6.20 Å². The molecule has 2 aliphatic heterocycles. The van der Waals surface area contributed by atoms with Crippen molar-refractivity contribution in [3.05, 3.63) is 17.7 Å². The van der Waals surface area contributed by atoms with Gasteiger partial charge in [-0.05, 0) is 32.6 Å². The zero-order chi connectivity index (χ0) is 15.8. The Labute approximate surface area is 137 Å². The van der Waals surface area contributed by atoms with Crippen LogP contribution in [0.15, 0.2) is 6.20 Å². The number of hydrogen-bond acceptors (Lipinski definition) is 4. The van der Waals surface area contributed by atoms with E-state index in [9.17, 15) is 4.79 Å². The number of rotatable bonds is 4. The average Bonchev–Trinajstić information content (AvgIpc) is 3.35.